The van der Waals surface area contributed by atoms with E-state index < -0.39 is 0 Å². The minimum atomic E-state index is -0.193. The molecular weight excluding hydrogens is 203 g/mol. The maximum Gasteiger partial charge on any atom is 0.144 e. The first kappa shape index (κ1) is 13.1. The summed E-state index contributed by atoms with van der Waals surface area (Å²) >= 11 is 0. The second-order valence-corrected chi connectivity index (χ2v) is 4.41. The van der Waals surface area contributed by atoms with Crippen LogP contribution in [0.25, 0.3) is 0 Å². The van der Waals surface area contributed by atoms with E-state index in [4.69, 9.17) is 0 Å². The van der Waals surface area contributed by atoms with Crippen LogP contribution in [0.15, 0.2) is 18.5 Å². The van der Waals surface area contributed by atoms with E-state index in [0.29, 0.717) is 12.0 Å². The van der Waals surface area contributed by atoms with E-state index in [0.717, 1.165) is 24.9 Å². The molecule has 0 aliphatic carbocycles. The summed E-state index contributed by atoms with van der Waals surface area (Å²) in [6.45, 7) is 7.44. The average molecular weight is 224 g/mol. The molecule has 1 rings (SSSR count). The Morgan fingerprint density at radius 3 is 2.75 bits per heavy atom. The van der Waals surface area contributed by atoms with Crippen LogP contribution in [-0.2, 0) is 6.42 Å². The minimum Gasteiger partial charge on any atom is -0.314 e. The molecule has 0 saturated heterocycles. The monoisotopic (exact) mass is 224 g/mol. The Bertz CT molecular complexity index is 313. The summed E-state index contributed by atoms with van der Waals surface area (Å²) in [5, 5.41) is 3.43. The fraction of sp³-hybridized carbons (Fsp3) is 0.615. The number of nitrogens with one attached hydrogen (secondary N) is 1. The molecule has 0 radical (unpaired) electrons. The number of hydrogen-bond acceptors (Lipinski definition) is 2. The van der Waals surface area contributed by atoms with Crippen LogP contribution in [0.1, 0.15) is 32.8 Å². The zero-order chi connectivity index (χ0) is 12.0. The second-order valence-electron chi connectivity index (χ2n) is 4.41. The van der Waals surface area contributed by atoms with E-state index in [1.54, 1.807) is 12.3 Å². The Hall–Kier alpha value is -0.960. The fourth-order valence-corrected chi connectivity index (χ4v) is 1.85. The SMILES string of the molecule is CCNC(CCc1ccncc1F)C(C)C. The standard InChI is InChI=1S/C13H21FN2/c1-4-16-13(10(2)3)6-5-11-7-8-15-9-12(11)14/h7-10,13,16H,4-6H2,1-3H3. The Morgan fingerprint density at radius 2 is 2.19 bits per heavy atom. The maximum absolute atomic E-state index is 13.3. The van der Waals surface area contributed by atoms with Crippen LogP contribution in [0.2, 0.25) is 0 Å². The molecule has 0 amide bonds. The van der Waals surface area contributed by atoms with Crippen molar-refractivity contribution < 1.29 is 4.39 Å². The third-order valence-corrected chi connectivity index (χ3v) is 2.85. The molecule has 1 heterocycles. The van der Waals surface area contributed by atoms with Gasteiger partial charge in [-0.1, -0.05) is 20.8 Å². The summed E-state index contributed by atoms with van der Waals surface area (Å²) in [6, 6.07) is 2.22. The molecule has 0 fully saturated rings. The lowest BCUT2D eigenvalue weighted by Gasteiger charge is -2.21. The van der Waals surface area contributed by atoms with Crippen LogP contribution in [0.3, 0.4) is 0 Å². The van der Waals surface area contributed by atoms with E-state index >= 15 is 0 Å². The van der Waals surface area contributed by atoms with Crippen molar-refractivity contribution in [1.82, 2.24) is 10.3 Å². The van der Waals surface area contributed by atoms with Crippen molar-refractivity contribution in [2.75, 3.05) is 6.54 Å². The van der Waals surface area contributed by atoms with Crippen LogP contribution >= 0.6 is 0 Å². The Morgan fingerprint density at radius 1 is 1.44 bits per heavy atom. The number of hydrogen-bond donors (Lipinski definition) is 1. The first-order chi connectivity index (χ1) is 7.65. The molecular formula is C13H21FN2. The largest absolute Gasteiger partial charge is 0.314 e. The number of rotatable bonds is 6. The smallest absolute Gasteiger partial charge is 0.144 e. The highest BCUT2D eigenvalue weighted by Crippen LogP contribution is 2.13. The van der Waals surface area contributed by atoms with Gasteiger partial charge >= 0.3 is 0 Å². The summed E-state index contributed by atoms with van der Waals surface area (Å²) in [4.78, 5) is 3.75. The molecule has 1 aromatic heterocycles. The summed E-state index contributed by atoms with van der Waals surface area (Å²) in [5.41, 5.74) is 0.763. The van der Waals surface area contributed by atoms with E-state index in [2.05, 4.69) is 31.1 Å². The molecule has 0 spiro atoms. The van der Waals surface area contributed by atoms with Crippen LogP contribution in [-0.4, -0.2) is 17.6 Å². The van der Waals surface area contributed by atoms with E-state index in [1.165, 1.54) is 6.20 Å². The number of aromatic nitrogens is 1. The highest BCUT2D eigenvalue weighted by molar-refractivity contribution is 5.12. The van der Waals surface area contributed by atoms with Gasteiger partial charge in [-0.2, -0.15) is 0 Å². The van der Waals surface area contributed by atoms with Crippen LogP contribution in [0.5, 0.6) is 0 Å². The van der Waals surface area contributed by atoms with E-state index in [1.807, 2.05) is 0 Å². The fourth-order valence-electron chi connectivity index (χ4n) is 1.85. The van der Waals surface area contributed by atoms with Gasteiger partial charge in [0.1, 0.15) is 5.82 Å². The normalized spacial score (nSPS) is 13.1. The van der Waals surface area contributed by atoms with Gasteiger partial charge in [0.15, 0.2) is 0 Å². The van der Waals surface area contributed by atoms with Gasteiger partial charge in [0.25, 0.3) is 0 Å². The van der Waals surface area contributed by atoms with Crippen molar-refractivity contribution >= 4 is 0 Å². The molecule has 0 aliphatic rings. The quantitative estimate of drug-likeness (QED) is 0.803. The Labute approximate surface area is 97.3 Å². The van der Waals surface area contributed by atoms with Crippen LogP contribution < -0.4 is 5.32 Å². The zero-order valence-electron chi connectivity index (χ0n) is 10.3. The van der Waals surface area contributed by atoms with Gasteiger partial charge in [0.05, 0.1) is 6.20 Å². The Kier molecular flexibility index (Phi) is 5.39. The lowest BCUT2D eigenvalue weighted by molar-refractivity contribution is 0.383. The van der Waals surface area contributed by atoms with Gasteiger partial charge < -0.3 is 5.32 Å². The summed E-state index contributed by atoms with van der Waals surface area (Å²) in [5.74, 6) is 0.381. The van der Waals surface area contributed by atoms with Gasteiger partial charge in [-0.3, -0.25) is 4.98 Å². The first-order valence-electron chi connectivity index (χ1n) is 5.97. The topological polar surface area (TPSA) is 24.9 Å². The van der Waals surface area contributed by atoms with Crippen molar-refractivity contribution in [3.63, 3.8) is 0 Å². The van der Waals surface area contributed by atoms with Gasteiger partial charge in [-0.05, 0) is 36.9 Å². The second kappa shape index (κ2) is 6.59. The molecule has 2 nitrogen and oxygen atoms in total. The summed E-state index contributed by atoms with van der Waals surface area (Å²) in [7, 11) is 0. The Balaban J connectivity index is 2.52. The highest BCUT2D eigenvalue weighted by Gasteiger charge is 2.12. The van der Waals surface area contributed by atoms with Crippen molar-refractivity contribution in [2.45, 2.75) is 39.7 Å². The lowest BCUT2D eigenvalue weighted by atomic mass is 9.97. The lowest BCUT2D eigenvalue weighted by Crippen LogP contribution is -2.34. The van der Waals surface area contributed by atoms with Crippen LogP contribution in [0.4, 0.5) is 4.39 Å². The third-order valence-electron chi connectivity index (χ3n) is 2.85. The zero-order valence-corrected chi connectivity index (χ0v) is 10.3. The summed E-state index contributed by atoms with van der Waals surface area (Å²) < 4.78 is 13.3. The molecule has 0 bridgehead atoms. The molecule has 1 atom stereocenters. The molecule has 90 valence electrons. The molecule has 0 saturated carbocycles. The average Bonchev–Trinajstić information content (AvgIpc) is 2.26. The van der Waals surface area contributed by atoms with Gasteiger partial charge in [0, 0.05) is 12.2 Å². The minimum absolute atomic E-state index is 0.193. The molecule has 1 aromatic rings. The number of aryl methyl sites for hydroxylation is 1. The number of nitrogens with zero attached hydrogens (tertiary/aromatic N) is 1. The maximum atomic E-state index is 13.3. The number of halogens is 1. The van der Waals surface area contributed by atoms with Gasteiger partial charge in [0.2, 0.25) is 0 Å². The van der Waals surface area contributed by atoms with Crippen molar-refractivity contribution in [3.05, 3.63) is 29.8 Å². The molecule has 0 aromatic carbocycles. The molecule has 16 heavy (non-hydrogen) atoms. The molecule has 1 N–H and O–H groups in total. The van der Waals surface area contributed by atoms with Crippen LogP contribution in [0, 0.1) is 11.7 Å². The van der Waals surface area contributed by atoms with E-state index in [-0.39, 0.29) is 5.82 Å². The van der Waals surface area contributed by atoms with E-state index in [9.17, 15) is 4.39 Å². The van der Waals surface area contributed by atoms with Crippen molar-refractivity contribution in [1.29, 1.82) is 0 Å². The molecule has 1 unspecified atom stereocenters. The first-order valence-corrected chi connectivity index (χ1v) is 5.97. The van der Waals surface area contributed by atoms with Crippen molar-refractivity contribution in [2.24, 2.45) is 5.92 Å². The van der Waals surface area contributed by atoms with Crippen molar-refractivity contribution in [3.8, 4) is 0 Å². The predicted molar refractivity (Wildman–Crippen MR) is 64.8 cm³/mol. The third kappa shape index (κ3) is 3.89. The highest BCUT2D eigenvalue weighted by atomic mass is 19.1. The molecule has 3 heteroatoms. The summed E-state index contributed by atoms with van der Waals surface area (Å²) in [6.07, 6.45) is 4.67. The van der Waals surface area contributed by atoms with Gasteiger partial charge in [-0.15, -0.1) is 0 Å². The number of pyridine rings is 1. The molecule has 0 aliphatic heterocycles. The predicted octanol–water partition coefficient (Wildman–Crippen LogP) is 2.79. The van der Waals surface area contributed by atoms with Gasteiger partial charge in [-0.25, -0.2) is 4.39 Å².